The zero-order valence-electron chi connectivity index (χ0n) is 28.0. The second kappa shape index (κ2) is 11.7. The van der Waals surface area contributed by atoms with E-state index in [4.69, 9.17) is 0 Å². The molecule has 8 aromatic carbocycles. The van der Waals surface area contributed by atoms with Crippen LogP contribution in [-0.2, 0) is 0 Å². The van der Waals surface area contributed by atoms with Crippen molar-refractivity contribution >= 4 is 102 Å². The smallest absolute Gasteiger partial charge is 0.0661 e. The fourth-order valence-corrected chi connectivity index (χ4v) is 10.5. The summed E-state index contributed by atoms with van der Waals surface area (Å²) in [5, 5.41) is 7.72. The van der Waals surface area contributed by atoms with Crippen molar-refractivity contribution in [3.05, 3.63) is 182 Å². The first-order valence-corrected chi connectivity index (χ1v) is 19.2. The molecule has 0 amide bonds. The highest BCUT2D eigenvalue weighted by atomic mass is 32.1. The second-order valence-electron chi connectivity index (χ2n) is 13.3. The van der Waals surface area contributed by atoms with Gasteiger partial charge in [0, 0.05) is 63.5 Å². The molecule has 11 rings (SSSR count). The number of fused-ring (bicyclic) bond motifs is 9. The first-order chi connectivity index (χ1) is 25.8. The predicted octanol–water partition coefficient (Wildman–Crippen LogP) is 14.7. The van der Waals surface area contributed by atoms with E-state index in [9.17, 15) is 0 Å². The van der Waals surface area contributed by atoms with Crippen LogP contribution in [0.4, 0.5) is 17.1 Å². The summed E-state index contributed by atoms with van der Waals surface area (Å²) in [6, 6.07) is 66.6. The van der Waals surface area contributed by atoms with E-state index in [1.165, 1.54) is 79.0 Å². The van der Waals surface area contributed by atoms with E-state index in [-0.39, 0.29) is 0 Å². The van der Waals surface area contributed by atoms with Gasteiger partial charge in [0.15, 0.2) is 0 Å². The number of benzene rings is 8. The van der Waals surface area contributed by atoms with Gasteiger partial charge in [0.05, 0.1) is 21.4 Å². The van der Waals surface area contributed by atoms with Gasteiger partial charge in [0.1, 0.15) is 0 Å². The van der Waals surface area contributed by atoms with Gasteiger partial charge in [-0.15, -0.1) is 22.7 Å². The largest absolute Gasteiger partial charge is 0.309 e. The highest BCUT2D eigenvalue weighted by Crippen LogP contribution is 2.48. The minimum Gasteiger partial charge on any atom is -0.309 e. The molecule has 0 bridgehead atoms. The molecule has 0 spiro atoms. The standard InChI is InChI=1S/C48H30N2S2/c1-2-13-32(14-3-1)49(33-27-25-31(26-28-33)35-19-12-20-40-38-17-6-10-23-45(38)51-47(35)40)44-30-34(29-41-39-18-7-11-24-46(39)52-48(41)44)50-42-21-8-4-15-36(42)37-16-5-9-22-43(37)50/h1-30H. The Balaban J connectivity index is 1.16. The summed E-state index contributed by atoms with van der Waals surface area (Å²) in [6.07, 6.45) is 0. The topological polar surface area (TPSA) is 8.17 Å². The Labute approximate surface area is 308 Å². The summed E-state index contributed by atoms with van der Waals surface area (Å²) in [4.78, 5) is 2.44. The van der Waals surface area contributed by atoms with Crippen LogP contribution in [0.15, 0.2) is 182 Å². The fourth-order valence-electron chi connectivity index (χ4n) is 8.06. The molecule has 0 fully saturated rings. The summed E-state index contributed by atoms with van der Waals surface area (Å²) in [5.74, 6) is 0. The Kier molecular flexibility index (Phi) is 6.63. The maximum Gasteiger partial charge on any atom is 0.0661 e. The van der Waals surface area contributed by atoms with Crippen LogP contribution in [-0.4, -0.2) is 4.57 Å². The Morgan fingerprint density at radius 3 is 1.62 bits per heavy atom. The van der Waals surface area contributed by atoms with Crippen molar-refractivity contribution in [2.45, 2.75) is 0 Å². The Morgan fingerprint density at radius 2 is 0.923 bits per heavy atom. The van der Waals surface area contributed by atoms with Crippen LogP contribution in [0.5, 0.6) is 0 Å². The first kappa shape index (κ1) is 29.5. The fraction of sp³-hybridized carbons (Fsp3) is 0. The van der Waals surface area contributed by atoms with Gasteiger partial charge < -0.3 is 9.47 Å². The number of anilines is 3. The van der Waals surface area contributed by atoms with Crippen molar-refractivity contribution < 1.29 is 0 Å². The van der Waals surface area contributed by atoms with Crippen LogP contribution < -0.4 is 4.90 Å². The highest BCUT2D eigenvalue weighted by Gasteiger charge is 2.22. The number of rotatable bonds is 5. The predicted molar refractivity (Wildman–Crippen MR) is 227 cm³/mol. The number of hydrogen-bond donors (Lipinski definition) is 0. The van der Waals surface area contributed by atoms with Gasteiger partial charge in [-0.1, -0.05) is 121 Å². The molecule has 11 aromatic rings. The molecule has 0 saturated heterocycles. The lowest BCUT2D eigenvalue weighted by atomic mass is 10.0. The van der Waals surface area contributed by atoms with E-state index in [0.717, 1.165) is 17.1 Å². The molecule has 0 aliphatic rings. The van der Waals surface area contributed by atoms with E-state index in [2.05, 4.69) is 191 Å². The summed E-state index contributed by atoms with van der Waals surface area (Å²) >= 11 is 3.75. The molecule has 0 aliphatic heterocycles. The lowest BCUT2D eigenvalue weighted by Crippen LogP contribution is -2.10. The van der Waals surface area contributed by atoms with Crippen molar-refractivity contribution in [2.75, 3.05) is 4.90 Å². The van der Waals surface area contributed by atoms with Gasteiger partial charge >= 0.3 is 0 Å². The van der Waals surface area contributed by atoms with Crippen LogP contribution >= 0.6 is 22.7 Å². The SMILES string of the molecule is c1ccc(N(c2ccc(-c3cccc4c3sc3ccccc34)cc2)c2cc(-n3c4ccccc4c4ccccc43)cc3c2sc2ccccc23)cc1. The molecule has 4 heteroatoms. The molecule has 52 heavy (non-hydrogen) atoms. The molecule has 0 N–H and O–H groups in total. The average Bonchev–Trinajstić information content (AvgIpc) is 3.89. The summed E-state index contributed by atoms with van der Waals surface area (Å²) < 4.78 is 7.67. The minimum absolute atomic E-state index is 1.12. The zero-order valence-corrected chi connectivity index (χ0v) is 29.7. The number of nitrogens with zero attached hydrogens (tertiary/aromatic N) is 2. The minimum atomic E-state index is 1.12. The summed E-state index contributed by atoms with van der Waals surface area (Å²) in [7, 11) is 0. The molecule has 244 valence electrons. The van der Waals surface area contributed by atoms with Crippen LogP contribution in [0.2, 0.25) is 0 Å². The van der Waals surface area contributed by atoms with Crippen LogP contribution in [0.25, 0.3) is 79.0 Å². The second-order valence-corrected chi connectivity index (χ2v) is 15.4. The van der Waals surface area contributed by atoms with E-state index in [1.807, 2.05) is 22.7 Å². The molecule has 0 saturated carbocycles. The van der Waals surface area contributed by atoms with E-state index < -0.39 is 0 Å². The van der Waals surface area contributed by atoms with Crippen molar-refractivity contribution in [1.29, 1.82) is 0 Å². The molecule has 0 unspecified atom stereocenters. The van der Waals surface area contributed by atoms with Gasteiger partial charge in [0.2, 0.25) is 0 Å². The molecule has 3 heterocycles. The van der Waals surface area contributed by atoms with E-state index in [1.54, 1.807) is 0 Å². The van der Waals surface area contributed by atoms with Crippen LogP contribution in [0.3, 0.4) is 0 Å². The molecular formula is C48H30N2S2. The average molecular weight is 699 g/mol. The maximum atomic E-state index is 2.44. The van der Waals surface area contributed by atoms with Crippen molar-refractivity contribution in [1.82, 2.24) is 4.57 Å². The summed E-state index contributed by atoms with van der Waals surface area (Å²) in [6.45, 7) is 0. The van der Waals surface area contributed by atoms with Crippen molar-refractivity contribution in [3.8, 4) is 16.8 Å². The molecule has 2 nitrogen and oxygen atoms in total. The third kappa shape index (κ3) is 4.48. The van der Waals surface area contributed by atoms with E-state index >= 15 is 0 Å². The Morgan fingerprint density at radius 1 is 0.385 bits per heavy atom. The van der Waals surface area contributed by atoms with Gasteiger partial charge in [-0.25, -0.2) is 0 Å². The van der Waals surface area contributed by atoms with Crippen LogP contribution in [0, 0.1) is 0 Å². The van der Waals surface area contributed by atoms with E-state index in [0.29, 0.717) is 0 Å². The Hall–Kier alpha value is -6.20. The van der Waals surface area contributed by atoms with Gasteiger partial charge in [0.25, 0.3) is 0 Å². The highest BCUT2D eigenvalue weighted by molar-refractivity contribution is 7.26. The zero-order chi connectivity index (χ0) is 34.2. The maximum absolute atomic E-state index is 2.44. The quantitative estimate of drug-likeness (QED) is 0.174. The van der Waals surface area contributed by atoms with Gasteiger partial charge in [-0.05, 0) is 71.8 Å². The molecule has 3 aromatic heterocycles. The molecule has 0 radical (unpaired) electrons. The third-order valence-electron chi connectivity index (χ3n) is 10.4. The first-order valence-electron chi connectivity index (χ1n) is 17.6. The van der Waals surface area contributed by atoms with Crippen molar-refractivity contribution in [2.24, 2.45) is 0 Å². The van der Waals surface area contributed by atoms with Gasteiger partial charge in [-0.3, -0.25) is 0 Å². The number of hydrogen-bond acceptors (Lipinski definition) is 3. The lowest BCUT2D eigenvalue weighted by molar-refractivity contribution is 1.18. The normalized spacial score (nSPS) is 11.8. The molecule has 0 aliphatic carbocycles. The number of aromatic nitrogens is 1. The van der Waals surface area contributed by atoms with Gasteiger partial charge in [-0.2, -0.15) is 0 Å². The molecule has 0 atom stereocenters. The monoisotopic (exact) mass is 698 g/mol. The van der Waals surface area contributed by atoms with Crippen molar-refractivity contribution in [3.63, 3.8) is 0 Å². The Bertz CT molecular complexity index is 3080. The molecular weight excluding hydrogens is 669 g/mol. The third-order valence-corrected chi connectivity index (χ3v) is 12.8. The number of thiophene rings is 2. The number of para-hydroxylation sites is 3. The van der Waals surface area contributed by atoms with Crippen LogP contribution in [0.1, 0.15) is 0 Å². The summed E-state index contributed by atoms with van der Waals surface area (Å²) in [5.41, 5.74) is 9.48. The lowest BCUT2D eigenvalue weighted by Gasteiger charge is -2.27.